The van der Waals surface area contributed by atoms with Crippen molar-refractivity contribution in [2.45, 2.75) is 12.5 Å². The lowest BCUT2D eigenvalue weighted by Crippen LogP contribution is -2.39. The fourth-order valence-corrected chi connectivity index (χ4v) is 4.16. The minimum absolute atomic E-state index is 0.207. The van der Waals surface area contributed by atoms with Crippen molar-refractivity contribution in [3.05, 3.63) is 54.3 Å². The van der Waals surface area contributed by atoms with Crippen LogP contribution in [0.2, 0.25) is 0 Å². The molecule has 1 fully saturated rings. The Morgan fingerprint density at radius 1 is 1.08 bits per heavy atom. The summed E-state index contributed by atoms with van der Waals surface area (Å²) in [5.41, 5.74) is 2.73. The summed E-state index contributed by atoms with van der Waals surface area (Å²) in [6.07, 6.45) is 1.19. The number of hydrogen-bond donors (Lipinski definition) is 1. The molecule has 0 aromatic heterocycles. The Hall–Kier alpha value is -1.76. The van der Waals surface area contributed by atoms with Crippen LogP contribution in [0.15, 0.2) is 48.5 Å². The third kappa shape index (κ3) is 3.09. The predicted molar refractivity (Wildman–Crippen MR) is 97.1 cm³/mol. The van der Waals surface area contributed by atoms with Crippen LogP contribution in [0.25, 0.3) is 0 Å². The summed E-state index contributed by atoms with van der Waals surface area (Å²) >= 11 is 1.55. The van der Waals surface area contributed by atoms with Crippen molar-refractivity contribution in [2.24, 2.45) is 0 Å². The van der Waals surface area contributed by atoms with E-state index in [4.69, 9.17) is 4.74 Å². The number of para-hydroxylation sites is 3. The Morgan fingerprint density at radius 2 is 1.83 bits per heavy atom. The zero-order chi connectivity index (χ0) is 16.4. The van der Waals surface area contributed by atoms with E-state index in [1.807, 2.05) is 34.6 Å². The fraction of sp³-hybridized carbons (Fsp3) is 0.333. The number of rotatable bonds is 4. The van der Waals surface area contributed by atoms with Crippen LogP contribution in [-0.2, 0) is 4.74 Å². The van der Waals surface area contributed by atoms with E-state index in [1.54, 1.807) is 18.2 Å². The third-order valence-corrected chi connectivity index (χ3v) is 5.41. The van der Waals surface area contributed by atoms with Gasteiger partial charge in [-0.15, -0.1) is 0 Å². The maximum Gasteiger partial charge on any atom is 0.147 e. The SMILES string of the molecule is Fc1ccccc1N1SN(CC[C@H]2CNCCO2)c2ccccc21. The average molecular weight is 345 g/mol. The number of anilines is 3. The first-order valence-corrected chi connectivity index (χ1v) is 8.97. The van der Waals surface area contributed by atoms with Crippen molar-refractivity contribution in [3.63, 3.8) is 0 Å². The molecule has 24 heavy (non-hydrogen) atoms. The molecule has 2 aliphatic heterocycles. The van der Waals surface area contributed by atoms with E-state index in [-0.39, 0.29) is 11.9 Å². The van der Waals surface area contributed by atoms with Gasteiger partial charge in [-0.05, 0) is 30.7 Å². The Balaban J connectivity index is 1.54. The minimum atomic E-state index is -0.207. The van der Waals surface area contributed by atoms with Crippen molar-refractivity contribution >= 4 is 29.2 Å². The molecule has 0 aliphatic carbocycles. The first kappa shape index (κ1) is 15.7. The summed E-state index contributed by atoms with van der Waals surface area (Å²) in [4.78, 5) is 0. The molecule has 2 heterocycles. The molecule has 1 saturated heterocycles. The number of nitrogens with zero attached hydrogens (tertiary/aromatic N) is 2. The van der Waals surface area contributed by atoms with Crippen molar-refractivity contribution in [3.8, 4) is 0 Å². The van der Waals surface area contributed by atoms with Crippen molar-refractivity contribution in [2.75, 3.05) is 34.9 Å². The van der Waals surface area contributed by atoms with Gasteiger partial charge in [0.05, 0.1) is 41.9 Å². The zero-order valence-corrected chi connectivity index (χ0v) is 14.1. The number of morpholine rings is 1. The number of halogens is 1. The summed E-state index contributed by atoms with van der Waals surface area (Å²) in [5.74, 6) is -0.207. The second kappa shape index (κ2) is 7.01. The summed E-state index contributed by atoms with van der Waals surface area (Å²) < 4.78 is 24.2. The molecule has 0 unspecified atom stereocenters. The van der Waals surface area contributed by atoms with Gasteiger partial charge in [-0.2, -0.15) is 0 Å². The summed E-state index contributed by atoms with van der Waals surface area (Å²) in [6.45, 7) is 3.46. The van der Waals surface area contributed by atoms with Crippen molar-refractivity contribution < 1.29 is 9.13 Å². The molecule has 126 valence electrons. The smallest absolute Gasteiger partial charge is 0.147 e. The number of benzene rings is 2. The lowest BCUT2D eigenvalue weighted by Gasteiger charge is -2.26. The van der Waals surface area contributed by atoms with Gasteiger partial charge in [0, 0.05) is 19.6 Å². The van der Waals surface area contributed by atoms with Gasteiger partial charge in [0.25, 0.3) is 0 Å². The Morgan fingerprint density at radius 3 is 2.58 bits per heavy atom. The van der Waals surface area contributed by atoms with Crippen molar-refractivity contribution in [1.82, 2.24) is 5.32 Å². The summed E-state index contributed by atoms with van der Waals surface area (Å²) in [6, 6.07) is 15.0. The quantitative estimate of drug-likeness (QED) is 0.853. The molecule has 2 aromatic carbocycles. The highest BCUT2D eigenvalue weighted by Crippen LogP contribution is 2.49. The van der Waals surface area contributed by atoms with E-state index in [0.717, 1.165) is 44.0 Å². The normalized spacial score (nSPS) is 20.3. The van der Waals surface area contributed by atoms with Crippen LogP contribution < -0.4 is 13.9 Å². The van der Waals surface area contributed by atoms with Gasteiger partial charge in [-0.25, -0.2) is 4.39 Å². The van der Waals surface area contributed by atoms with Crippen LogP contribution in [-0.4, -0.2) is 32.3 Å². The highest BCUT2D eigenvalue weighted by Gasteiger charge is 2.30. The van der Waals surface area contributed by atoms with Gasteiger partial charge >= 0.3 is 0 Å². The topological polar surface area (TPSA) is 27.7 Å². The van der Waals surface area contributed by atoms with E-state index in [0.29, 0.717) is 5.69 Å². The van der Waals surface area contributed by atoms with Gasteiger partial charge in [-0.1, -0.05) is 24.3 Å². The lowest BCUT2D eigenvalue weighted by atomic mass is 10.2. The molecule has 0 spiro atoms. The third-order valence-electron chi connectivity index (χ3n) is 4.28. The summed E-state index contributed by atoms with van der Waals surface area (Å²) in [5, 5.41) is 3.36. The average Bonchev–Trinajstić information content (AvgIpc) is 3.00. The van der Waals surface area contributed by atoms with Crippen LogP contribution in [0.5, 0.6) is 0 Å². The molecule has 1 N–H and O–H groups in total. The number of fused-ring (bicyclic) bond motifs is 1. The van der Waals surface area contributed by atoms with E-state index in [1.165, 1.54) is 6.07 Å². The van der Waals surface area contributed by atoms with Crippen molar-refractivity contribution in [1.29, 1.82) is 0 Å². The van der Waals surface area contributed by atoms with Gasteiger partial charge in [0.15, 0.2) is 0 Å². The number of ether oxygens (including phenoxy) is 1. The predicted octanol–water partition coefficient (Wildman–Crippen LogP) is 3.73. The van der Waals surface area contributed by atoms with E-state index < -0.39 is 0 Å². The van der Waals surface area contributed by atoms with Gasteiger partial charge in [-0.3, -0.25) is 8.61 Å². The number of nitrogens with one attached hydrogen (secondary N) is 1. The molecule has 6 heteroatoms. The molecule has 2 aliphatic rings. The maximum atomic E-state index is 14.2. The minimum Gasteiger partial charge on any atom is -0.376 e. The van der Waals surface area contributed by atoms with E-state index in [2.05, 4.69) is 15.7 Å². The monoisotopic (exact) mass is 345 g/mol. The van der Waals surface area contributed by atoms with Crippen LogP contribution >= 0.6 is 12.1 Å². The van der Waals surface area contributed by atoms with E-state index >= 15 is 0 Å². The fourth-order valence-electron chi connectivity index (χ4n) is 3.05. The zero-order valence-electron chi connectivity index (χ0n) is 13.3. The molecular weight excluding hydrogens is 325 g/mol. The molecule has 4 rings (SSSR count). The Bertz CT molecular complexity index is 708. The molecule has 0 saturated carbocycles. The highest BCUT2D eigenvalue weighted by molar-refractivity contribution is 8.02. The second-order valence-corrected chi connectivity index (χ2v) is 6.87. The molecule has 1 atom stereocenters. The van der Waals surface area contributed by atoms with Gasteiger partial charge in [0.1, 0.15) is 5.82 Å². The molecular formula is C18H20FN3OS. The van der Waals surface area contributed by atoms with Crippen LogP contribution in [0, 0.1) is 5.82 Å². The number of hydrogen-bond acceptors (Lipinski definition) is 5. The lowest BCUT2D eigenvalue weighted by molar-refractivity contribution is 0.0254. The maximum absolute atomic E-state index is 14.2. The summed E-state index contributed by atoms with van der Waals surface area (Å²) in [7, 11) is 0. The molecule has 2 aromatic rings. The van der Waals surface area contributed by atoms with Crippen LogP contribution in [0.3, 0.4) is 0 Å². The highest BCUT2D eigenvalue weighted by atomic mass is 32.2. The first-order chi connectivity index (χ1) is 11.8. The van der Waals surface area contributed by atoms with Crippen LogP contribution in [0.4, 0.5) is 21.5 Å². The molecule has 0 radical (unpaired) electrons. The Kier molecular flexibility index (Phi) is 4.60. The molecule has 0 amide bonds. The van der Waals surface area contributed by atoms with Crippen LogP contribution in [0.1, 0.15) is 6.42 Å². The van der Waals surface area contributed by atoms with Gasteiger partial charge < -0.3 is 10.1 Å². The molecule has 4 nitrogen and oxygen atoms in total. The first-order valence-electron chi connectivity index (χ1n) is 8.24. The second-order valence-electron chi connectivity index (χ2n) is 5.90. The molecule has 0 bridgehead atoms. The van der Waals surface area contributed by atoms with E-state index in [9.17, 15) is 4.39 Å². The Labute approximate surface area is 145 Å². The standard InChI is InChI=1S/C18H20FN3OS/c19-15-5-1-2-6-16(15)22-18-8-4-3-7-17(18)21(24-22)11-9-14-13-20-10-12-23-14/h1-8,14,20H,9-13H2/t14-/m0/s1. The van der Waals surface area contributed by atoms with Gasteiger partial charge in [0.2, 0.25) is 0 Å². The largest absolute Gasteiger partial charge is 0.376 e.